The zero-order chi connectivity index (χ0) is 38.3. The maximum absolute atomic E-state index is 14.8. The van der Waals surface area contributed by atoms with Crippen LogP contribution in [0.2, 0.25) is 0 Å². The Morgan fingerprint density at radius 3 is 0.827 bits per heavy atom. The predicted molar refractivity (Wildman–Crippen MR) is 148 cm³/mol. The maximum atomic E-state index is 14.8. The highest BCUT2D eigenvalue weighted by atomic mass is 19.2. The van der Waals surface area contributed by atoms with Crippen molar-refractivity contribution in [1.82, 2.24) is 0 Å². The average molecular weight is 752 g/mol. The molecule has 0 saturated heterocycles. The topological polar surface area (TPSA) is 76.7 Å². The van der Waals surface area contributed by atoms with E-state index >= 15 is 0 Å². The van der Waals surface area contributed by atoms with Crippen LogP contribution in [-0.2, 0) is 0 Å². The lowest BCUT2D eigenvalue weighted by molar-refractivity contribution is 0.101. The zero-order valence-corrected chi connectivity index (χ0v) is 24.5. The SMILES string of the molecule is O=C(Nc1c(F)c(F)c(F)c(F)c1F)c1ccc(Oc2c(F)c(F)c(Oc3ccc(C(=O)Nc4c(F)c(F)c(F)c(F)c4F)cc3)c(F)c2F)cc1. The number of amides is 2. The fourth-order valence-electron chi connectivity index (χ4n) is 4.16. The number of nitrogens with one attached hydrogen (secondary N) is 2. The number of anilines is 2. The van der Waals surface area contributed by atoms with Crippen molar-refractivity contribution in [2.45, 2.75) is 0 Å². The smallest absolute Gasteiger partial charge is 0.255 e. The van der Waals surface area contributed by atoms with Crippen molar-refractivity contribution in [2.75, 3.05) is 10.6 Å². The summed E-state index contributed by atoms with van der Waals surface area (Å²) >= 11 is 0. The highest BCUT2D eigenvalue weighted by molar-refractivity contribution is 6.05. The van der Waals surface area contributed by atoms with Gasteiger partial charge in [0.15, 0.2) is 46.5 Å². The molecule has 0 aromatic heterocycles. The van der Waals surface area contributed by atoms with Crippen molar-refractivity contribution in [1.29, 1.82) is 0 Å². The summed E-state index contributed by atoms with van der Waals surface area (Å²) in [7, 11) is 0. The molecule has 20 heteroatoms. The van der Waals surface area contributed by atoms with Gasteiger partial charge in [-0.25, -0.2) is 43.9 Å². The molecule has 270 valence electrons. The lowest BCUT2D eigenvalue weighted by Crippen LogP contribution is -2.17. The molecular formula is C32H10F14N2O4. The van der Waals surface area contributed by atoms with Crippen LogP contribution >= 0.6 is 0 Å². The molecule has 0 bridgehead atoms. The van der Waals surface area contributed by atoms with Crippen LogP contribution in [0.4, 0.5) is 72.8 Å². The Hall–Kier alpha value is -6.34. The molecule has 52 heavy (non-hydrogen) atoms. The fraction of sp³-hybridized carbons (Fsp3) is 0. The molecule has 5 aromatic rings. The number of carbonyl (C=O) groups excluding carboxylic acids is 2. The summed E-state index contributed by atoms with van der Waals surface area (Å²) in [6.07, 6.45) is 0. The third-order valence-corrected chi connectivity index (χ3v) is 6.75. The van der Waals surface area contributed by atoms with E-state index in [0.29, 0.717) is 0 Å². The molecule has 0 aliphatic heterocycles. The van der Waals surface area contributed by atoms with Crippen molar-refractivity contribution in [2.24, 2.45) is 0 Å². The number of halogens is 14. The Bertz CT molecular complexity index is 2040. The summed E-state index contributed by atoms with van der Waals surface area (Å²) in [4.78, 5) is 24.6. The lowest BCUT2D eigenvalue weighted by Gasteiger charge is -2.14. The van der Waals surface area contributed by atoms with Crippen LogP contribution in [0.25, 0.3) is 0 Å². The number of rotatable bonds is 8. The van der Waals surface area contributed by atoms with Gasteiger partial charge in [0.1, 0.15) is 22.9 Å². The van der Waals surface area contributed by atoms with Crippen LogP contribution in [0.3, 0.4) is 0 Å². The van der Waals surface area contributed by atoms with Gasteiger partial charge in [-0.1, -0.05) is 0 Å². The molecule has 0 unspecified atom stereocenters. The molecule has 2 amide bonds. The van der Waals surface area contributed by atoms with E-state index in [1.807, 2.05) is 0 Å². The van der Waals surface area contributed by atoms with Crippen molar-refractivity contribution in [3.8, 4) is 23.0 Å². The van der Waals surface area contributed by atoms with Crippen LogP contribution in [0.15, 0.2) is 48.5 Å². The Kier molecular flexibility index (Phi) is 10.0. The van der Waals surface area contributed by atoms with Crippen LogP contribution in [0, 0.1) is 81.4 Å². The second kappa shape index (κ2) is 14.1. The summed E-state index contributed by atoms with van der Waals surface area (Å²) in [6.45, 7) is 0. The van der Waals surface area contributed by atoms with E-state index in [4.69, 9.17) is 9.47 Å². The summed E-state index contributed by atoms with van der Waals surface area (Å²) < 4.78 is 205. The number of ether oxygens (including phenoxy) is 2. The van der Waals surface area contributed by atoms with Crippen LogP contribution in [0.5, 0.6) is 23.0 Å². The minimum Gasteiger partial charge on any atom is -0.451 e. The van der Waals surface area contributed by atoms with Gasteiger partial charge in [-0.15, -0.1) is 0 Å². The van der Waals surface area contributed by atoms with Gasteiger partial charge in [0, 0.05) is 11.1 Å². The van der Waals surface area contributed by atoms with Crippen LogP contribution in [0.1, 0.15) is 20.7 Å². The molecular weight excluding hydrogens is 742 g/mol. The van der Waals surface area contributed by atoms with Crippen molar-refractivity contribution in [3.05, 3.63) is 141 Å². The molecule has 0 fully saturated rings. The van der Waals surface area contributed by atoms with E-state index in [1.54, 1.807) is 0 Å². The summed E-state index contributed by atoms with van der Waals surface area (Å²) in [6, 6.07) is 6.11. The summed E-state index contributed by atoms with van der Waals surface area (Å²) in [5.74, 6) is -39.9. The predicted octanol–water partition coefficient (Wildman–Crippen LogP) is 9.72. The van der Waals surface area contributed by atoms with E-state index < -0.39 is 139 Å². The molecule has 0 aliphatic carbocycles. The highest BCUT2D eigenvalue weighted by Gasteiger charge is 2.31. The molecule has 0 aliphatic rings. The number of hydrogen-bond donors (Lipinski definition) is 2. The first-order valence-corrected chi connectivity index (χ1v) is 13.5. The Labute approximate surface area is 278 Å². The second-order valence-corrected chi connectivity index (χ2v) is 9.97. The fourth-order valence-corrected chi connectivity index (χ4v) is 4.16. The van der Waals surface area contributed by atoms with Gasteiger partial charge >= 0.3 is 0 Å². The van der Waals surface area contributed by atoms with E-state index in [2.05, 4.69) is 0 Å². The molecule has 0 atom stereocenters. The Morgan fingerprint density at radius 1 is 0.346 bits per heavy atom. The zero-order valence-electron chi connectivity index (χ0n) is 24.5. The van der Waals surface area contributed by atoms with Gasteiger partial charge in [-0.3, -0.25) is 9.59 Å². The molecule has 0 radical (unpaired) electrons. The maximum Gasteiger partial charge on any atom is 0.255 e. The third kappa shape index (κ3) is 6.61. The number of benzene rings is 5. The molecule has 0 spiro atoms. The molecule has 6 nitrogen and oxygen atoms in total. The first kappa shape index (κ1) is 36.9. The quantitative estimate of drug-likeness (QED) is 0.0941. The van der Waals surface area contributed by atoms with Gasteiger partial charge < -0.3 is 20.1 Å². The first-order chi connectivity index (χ1) is 24.4. The van der Waals surface area contributed by atoms with E-state index in [1.165, 1.54) is 10.6 Å². The summed E-state index contributed by atoms with van der Waals surface area (Å²) in [5.41, 5.74) is -4.43. The molecule has 2 N–H and O–H groups in total. The number of hydrogen-bond acceptors (Lipinski definition) is 4. The van der Waals surface area contributed by atoms with Gasteiger partial charge in [0.25, 0.3) is 11.8 Å². The van der Waals surface area contributed by atoms with Crippen LogP contribution in [-0.4, -0.2) is 11.8 Å². The summed E-state index contributed by atoms with van der Waals surface area (Å²) in [5, 5.41) is 2.93. The Morgan fingerprint density at radius 2 is 0.577 bits per heavy atom. The van der Waals surface area contributed by atoms with Crippen molar-refractivity contribution >= 4 is 23.2 Å². The van der Waals surface area contributed by atoms with E-state index in [0.717, 1.165) is 48.5 Å². The third-order valence-electron chi connectivity index (χ3n) is 6.75. The lowest BCUT2D eigenvalue weighted by atomic mass is 10.2. The molecule has 5 aromatic carbocycles. The van der Waals surface area contributed by atoms with Crippen LogP contribution < -0.4 is 20.1 Å². The first-order valence-electron chi connectivity index (χ1n) is 13.5. The van der Waals surface area contributed by atoms with Crippen molar-refractivity contribution < 1.29 is 80.5 Å². The van der Waals surface area contributed by atoms with Crippen molar-refractivity contribution in [3.63, 3.8) is 0 Å². The minimum atomic E-state index is -2.48. The average Bonchev–Trinajstić information content (AvgIpc) is 3.14. The Balaban J connectivity index is 1.30. The van der Waals surface area contributed by atoms with Gasteiger partial charge in [0.05, 0.1) is 0 Å². The molecule has 5 rings (SSSR count). The monoisotopic (exact) mass is 752 g/mol. The normalized spacial score (nSPS) is 11.0. The standard InChI is InChI=1S/C32H10F14N2O4/c33-13-15(35)19(39)27(20(40)16(13)36)47-31(49)9-1-5-11(6-2-9)51-29-23(43)25(45)30(26(46)24(29)44)52-12-7-3-10(4-8-12)32(50)48-28-21(41)17(37)14(34)18(38)22(28)42/h1-8H,(H,47,49)(H,48,50). The minimum absolute atomic E-state index is 0.528. The van der Waals surface area contributed by atoms with Gasteiger partial charge in [0.2, 0.25) is 46.4 Å². The largest absolute Gasteiger partial charge is 0.451 e. The molecule has 0 heterocycles. The molecule has 0 saturated carbocycles. The second-order valence-electron chi connectivity index (χ2n) is 9.97. The number of carbonyl (C=O) groups is 2. The van der Waals surface area contributed by atoms with Gasteiger partial charge in [-0.2, -0.15) is 17.6 Å². The van der Waals surface area contributed by atoms with E-state index in [-0.39, 0.29) is 0 Å². The van der Waals surface area contributed by atoms with E-state index in [9.17, 15) is 71.1 Å². The van der Waals surface area contributed by atoms with Gasteiger partial charge in [-0.05, 0) is 48.5 Å². The highest BCUT2D eigenvalue weighted by Crippen LogP contribution is 2.39.